The third-order valence-corrected chi connectivity index (χ3v) is 3.69. The second-order valence-electron chi connectivity index (χ2n) is 5.20. The first-order valence-corrected chi connectivity index (χ1v) is 7.16. The van der Waals surface area contributed by atoms with Crippen molar-refractivity contribution in [1.29, 1.82) is 0 Å². The second-order valence-corrected chi connectivity index (χ2v) is 5.20. The van der Waals surface area contributed by atoms with Crippen molar-refractivity contribution in [3.63, 3.8) is 0 Å². The van der Waals surface area contributed by atoms with Gasteiger partial charge in [-0.2, -0.15) is 0 Å². The van der Waals surface area contributed by atoms with Gasteiger partial charge in [0.2, 0.25) is 12.7 Å². The lowest BCUT2D eigenvalue weighted by Crippen LogP contribution is -2.39. The fourth-order valence-electron chi connectivity index (χ4n) is 2.49. The highest BCUT2D eigenvalue weighted by Gasteiger charge is 2.30. The lowest BCUT2D eigenvalue weighted by Gasteiger charge is -2.20. The number of benzene rings is 1. The van der Waals surface area contributed by atoms with Crippen molar-refractivity contribution in [2.45, 2.75) is 32.4 Å². The number of hydrogen-bond donors (Lipinski definition) is 1. The summed E-state index contributed by atoms with van der Waals surface area (Å²) in [5.41, 5.74) is 1.09. The molecule has 1 N–H and O–H groups in total. The number of fused-ring (bicyclic) bond motifs is 1. The molecule has 0 atom stereocenters. The van der Waals surface area contributed by atoms with E-state index in [-0.39, 0.29) is 12.7 Å². The largest absolute Gasteiger partial charge is 0.454 e. The van der Waals surface area contributed by atoms with Crippen LogP contribution in [0.3, 0.4) is 0 Å². The molecule has 1 aromatic carbocycles. The van der Waals surface area contributed by atoms with Crippen LogP contribution in [-0.2, 0) is 11.3 Å². The highest BCUT2D eigenvalue weighted by atomic mass is 16.7. The summed E-state index contributed by atoms with van der Waals surface area (Å²) in [6, 6.07) is 6.34. The molecule has 0 radical (unpaired) electrons. The molecule has 20 heavy (non-hydrogen) atoms. The van der Waals surface area contributed by atoms with Gasteiger partial charge in [0.25, 0.3) is 0 Å². The van der Waals surface area contributed by atoms with Crippen molar-refractivity contribution in [2.24, 2.45) is 0 Å². The van der Waals surface area contributed by atoms with Crippen LogP contribution in [0.25, 0.3) is 0 Å². The van der Waals surface area contributed by atoms with E-state index in [4.69, 9.17) is 9.47 Å². The van der Waals surface area contributed by atoms with Crippen LogP contribution in [0.4, 0.5) is 0 Å². The molecule has 1 aromatic rings. The Morgan fingerprint density at radius 3 is 2.90 bits per heavy atom. The van der Waals surface area contributed by atoms with Crippen molar-refractivity contribution in [2.75, 3.05) is 19.9 Å². The fraction of sp³-hybridized carbons (Fsp3) is 0.533. The van der Waals surface area contributed by atoms with Crippen LogP contribution in [0.15, 0.2) is 18.2 Å². The standard InChI is InChI=1S/C15H20N2O3/c1-2-17(12-4-5-12)15(18)9-16-8-11-3-6-13-14(7-11)20-10-19-13/h3,6-7,12,16H,2,4-5,8-10H2,1H3. The molecule has 0 unspecified atom stereocenters. The smallest absolute Gasteiger partial charge is 0.236 e. The zero-order valence-corrected chi connectivity index (χ0v) is 11.7. The van der Waals surface area contributed by atoms with Crippen LogP contribution < -0.4 is 14.8 Å². The van der Waals surface area contributed by atoms with Crippen LogP contribution in [0.2, 0.25) is 0 Å². The highest BCUT2D eigenvalue weighted by Crippen LogP contribution is 2.32. The molecular weight excluding hydrogens is 256 g/mol. The quantitative estimate of drug-likeness (QED) is 0.856. The number of carbonyl (C=O) groups excluding carboxylic acids is 1. The predicted octanol–water partition coefficient (Wildman–Crippen LogP) is 1.52. The number of carbonyl (C=O) groups is 1. The average molecular weight is 276 g/mol. The van der Waals surface area contributed by atoms with Gasteiger partial charge in [0.1, 0.15) is 0 Å². The molecule has 2 aliphatic rings. The summed E-state index contributed by atoms with van der Waals surface area (Å²) < 4.78 is 10.6. The summed E-state index contributed by atoms with van der Waals surface area (Å²) >= 11 is 0. The number of hydrogen-bond acceptors (Lipinski definition) is 4. The number of rotatable bonds is 6. The second kappa shape index (κ2) is 5.71. The van der Waals surface area contributed by atoms with E-state index in [0.717, 1.165) is 36.4 Å². The number of nitrogens with zero attached hydrogens (tertiary/aromatic N) is 1. The van der Waals surface area contributed by atoms with Crippen molar-refractivity contribution in [1.82, 2.24) is 10.2 Å². The first-order chi connectivity index (χ1) is 9.78. The van der Waals surface area contributed by atoms with Gasteiger partial charge >= 0.3 is 0 Å². The van der Waals surface area contributed by atoms with Gasteiger partial charge in [-0.15, -0.1) is 0 Å². The Labute approximate surface area is 118 Å². The zero-order valence-electron chi connectivity index (χ0n) is 11.7. The predicted molar refractivity (Wildman–Crippen MR) is 74.7 cm³/mol. The van der Waals surface area contributed by atoms with Crippen LogP contribution in [-0.4, -0.2) is 36.7 Å². The summed E-state index contributed by atoms with van der Waals surface area (Å²) in [4.78, 5) is 14.0. The van der Waals surface area contributed by atoms with Crippen LogP contribution in [0.1, 0.15) is 25.3 Å². The summed E-state index contributed by atoms with van der Waals surface area (Å²) in [5, 5.41) is 3.20. The molecular formula is C15H20N2O3. The summed E-state index contributed by atoms with van der Waals surface area (Å²) in [6.07, 6.45) is 2.31. The SMILES string of the molecule is CCN(C(=O)CNCc1ccc2c(c1)OCO2)C1CC1. The van der Waals surface area contributed by atoms with Gasteiger partial charge in [-0.1, -0.05) is 6.07 Å². The first kappa shape index (κ1) is 13.2. The summed E-state index contributed by atoms with van der Waals surface area (Å²) in [6.45, 7) is 4.17. The summed E-state index contributed by atoms with van der Waals surface area (Å²) in [7, 11) is 0. The Morgan fingerprint density at radius 2 is 2.15 bits per heavy atom. The molecule has 0 spiro atoms. The number of amides is 1. The van der Waals surface area contributed by atoms with Crippen molar-refractivity contribution < 1.29 is 14.3 Å². The fourth-order valence-corrected chi connectivity index (χ4v) is 2.49. The van der Waals surface area contributed by atoms with E-state index in [1.165, 1.54) is 0 Å². The normalized spacial score (nSPS) is 16.2. The van der Waals surface area contributed by atoms with Crippen molar-refractivity contribution in [3.05, 3.63) is 23.8 Å². The molecule has 1 fully saturated rings. The van der Waals surface area contributed by atoms with E-state index in [9.17, 15) is 4.79 Å². The minimum absolute atomic E-state index is 0.191. The van der Waals surface area contributed by atoms with Crippen LogP contribution in [0, 0.1) is 0 Å². The van der Waals surface area contributed by atoms with Gasteiger partial charge in [0.05, 0.1) is 6.54 Å². The molecule has 1 amide bonds. The number of likely N-dealkylation sites (N-methyl/N-ethyl adjacent to an activating group) is 1. The number of nitrogens with one attached hydrogen (secondary N) is 1. The van der Waals surface area contributed by atoms with Gasteiger partial charge in [0.15, 0.2) is 11.5 Å². The van der Waals surface area contributed by atoms with E-state index in [1.807, 2.05) is 30.0 Å². The molecule has 5 nitrogen and oxygen atoms in total. The maximum Gasteiger partial charge on any atom is 0.236 e. The van der Waals surface area contributed by atoms with Gasteiger partial charge in [0, 0.05) is 19.1 Å². The molecule has 1 heterocycles. The van der Waals surface area contributed by atoms with E-state index in [0.29, 0.717) is 19.1 Å². The van der Waals surface area contributed by atoms with E-state index < -0.39 is 0 Å². The maximum absolute atomic E-state index is 12.1. The highest BCUT2D eigenvalue weighted by molar-refractivity contribution is 5.78. The molecule has 1 aliphatic heterocycles. The molecule has 5 heteroatoms. The van der Waals surface area contributed by atoms with Crippen LogP contribution >= 0.6 is 0 Å². The Morgan fingerprint density at radius 1 is 1.35 bits per heavy atom. The third kappa shape index (κ3) is 2.88. The topological polar surface area (TPSA) is 50.8 Å². The van der Waals surface area contributed by atoms with E-state index >= 15 is 0 Å². The monoisotopic (exact) mass is 276 g/mol. The summed E-state index contributed by atoms with van der Waals surface area (Å²) in [5.74, 6) is 1.76. The lowest BCUT2D eigenvalue weighted by molar-refractivity contribution is -0.130. The van der Waals surface area contributed by atoms with Gasteiger partial charge < -0.3 is 19.7 Å². The van der Waals surface area contributed by atoms with Gasteiger partial charge in [-0.05, 0) is 37.5 Å². The van der Waals surface area contributed by atoms with Crippen molar-refractivity contribution >= 4 is 5.91 Å². The minimum Gasteiger partial charge on any atom is -0.454 e. The lowest BCUT2D eigenvalue weighted by atomic mass is 10.2. The van der Waals surface area contributed by atoms with Crippen LogP contribution in [0.5, 0.6) is 11.5 Å². The number of ether oxygens (including phenoxy) is 2. The third-order valence-electron chi connectivity index (χ3n) is 3.69. The maximum atomic E-state index is 12.1. The Bertz CT molecular complexity index is 500. The molecule has 3 rings (SSSR count). The van der Waals surface area contributed by atoms with E-state index in [2.05, 4.69) is 5.32 Å². The van der Waals surface area contributed by atoms with E-state index in [1.54, 1.807) is 0 Å². The van der Waals surface area contributed by atoms with Gasteiger partial charge in [-0.25, -0.2) is 0 Å². The molecule has 1 aliphatic carbocycles. The molecule has 0 bridgehead atoms. The molecule has 0 saturated heterocycles. The minimum atomic E-state index is 0.191. The van der Waals surface area contributed by atoms with Crippen molar-refractivity contribution in [3.8, 4) is 11.5 Å². The Balaban J connectivity index is 1.48. The van der Waals surface area contributed by atoms with Gasteiger partial charge in [-0.3, -0.25) is 4.79 Å². The molecule has 0 aromatic heterocycles. The average Bonchev–Trinajstić information content (AvgIpc) is 3.17. The first-order valence-electron chi connectivity index (χ1n) is 7.16. The molecule has 1 saturated carbocycles. The Kier molecular flexibility index (Phi) is 3.78. The molecule has 108 valence electrons. The zero-order chi connectivity index (χ0) is 13.9. The Hall–Kier alpha value is -1.75.